The van der Waals surface area contributed by atoms with Gasteiger partial charge in [0.1, 0.15) is 5.78 Å². The molecule has 2 heteroatoms. The second-order valence-electron chi connectivity index (χ2n) is 5.48. The zero-order valence-corrected chi connectivity index (χ0v) is 8.46. The predicted octanol–water partition coefficient (Wildman–Crippen LogP) is 1.64. The van der Waals surface area contributed by atoms with Crippen LogP contribution in [0.4, 0.5) is 0 Å². The second-order valence-corrected chi connectivity index (χ2v) is 5.48. The smallest absolute Gasteiger partial charge is 0.137 e. The fourth-order valence-corrected chi connectivity index (χ4v) is 4.27. The summed E-state index contributed by atoms with van der Waals surface area (Å²) in [5, 5.41) is 0. The molecule has 2 nitrogen and oxygen atoms in total. The van der Waals surface area contributed by atoms with Crippen LogP contribution >= 0.6 is 0 Å². The monoisotopic (exact) mass is 180 g/mol. The number of rotatable bonds is 1. The van der Waals surface area contributed by atoms with E-state index in [4.69, 9.17) is 4.74 Å². The Hall–Kier alpha value is -0.370. The molecule has 13 heavy (non-hydrogen) atoms. The Morgan fingerprint density at radius 2 is 2.15 bits per heavy atom. The number of methoxy groups -OCH3 is 1. The number of fused-ring (bicyclic) bond motifs is 1. The van der Waals surface area contributed by atoms with E-state index >= 15 is 0 Å². The number of Topliss-reactive ketones (excluding diaryl/α,β-unsaturated/α-hetero) is 1. The van der Waals surface area contributed by atoms with Gasteiger partial charge >= 0.3 is 0 Å². The van der Waals surface area contributed by atoms with Crippen molar-refractivity contribution in [1.82, 2.24) is 0 Å². The molecule has 0 spiro atoms. The van der Waals surface area contributed by atoms with Gasteiger partial charge in [-0.25, -0.2) is 0 Å². The topological polar surface area (TPSA) is 26.3 Å². The molecule has 72 valence electrons. The quantitative estimate of drug-likeness (QED) is 0.613. The van der Waals surface area contributed by atoms with Gasteiger partial charge in [0.05, 0.1) is 5.60 Å². The number of hydrogen-bond acceptors (Lipinski definition) is 2. The highest BCUT2D eigenvalue weighted by Gasteiger charge is 2.79. The lowest BCUT2D eigenvalue weighted by Gasteiger charge is -2.30. The summed E-state index contributed by atoms with van der Waals surface area (Å²) in [5.74, 6) is 2.07. The van der Waals surface area contributed by atoms with Gasteiger partial charge in [-0.2, -0.15) is 0 Å². The summed E-state index contributed by atoms with van der Waals surface area (Å²) in [7, 11) is 1.78. The van der Waals surface area contributed by atoms with Crippen LogP contribution in [-0.4, -0.2) is 18.5 Å². The molecule has 3 rings (SSSR count). The zero-order valence-electron chi connectivity index (χ0n) is 8.46. The molecule has 5 atom stereocenters. The predicted molar refractivity (Wildman–Crippen MR) is 48.2 cm³/mol. The molecule has 3 aliphatic carbocycles. The van der Waals surface area contributed by atoms with Crippen molar-refractivity contribution >= 4 is 5.78 Å². The van der Waals surface area contributed by atoms with Crippen LogP contribution in [0.25, 0.3) is 0 Å². The largest absolute Gasteiger partial charge is 0.378 e. The summed E-state index contributed by atoms with van der Waals surface area (Å²) in [5.41, 5.74) is 0.298. The van der Waals surface area contributed by atoms with Crippen molar-refractivity contribution in [2.24, 2.45) is 23.2 Å². The summed E-state index contributed by atoms with van der Waals surface area (Å²) in [4.78, 5) is 11.6. The summed E-state index contributed by atoms with van der Waals surface area (Å²) < 4.78 is 5.59. The van der Waals surface area contributed by atoms with Gasteiger partial charge in [0.2, 0.25) is 0 Å². The van der Waals surface area contributed by atoms with Crippen molar-refractivity contribution < 1.29 is 9.53 Å². The highest BCUT2D eigenvalue weighted by molar-refractivity contribution is 5.89. The molecule has 0 unspecified atom stereocenters. The van der Waals surface area contributed by atoms with Crippen LogP contribution in [0.15, 0.2) is 0 Å². The molecule has 0 aromatic rings. The first-order valence-corrected chi connectivity index (χ1v) is 5.11. The number of ether oxygens (including phenoxy) is 1. The summed E-state index contributed by atoms with van der Waals surface area (Å²) in [6, 6.07) is 0. The maximum absolute atomic E-state index is 11.6. The second kappa shape index (κ2) is 1.85. The van der Waals surface area contributed by atoms with E-state index < -0.39 is 0 Å². The van der Waals surface area contributed by atoms with E-state index in [9.17, 15) is 4.79 Å². The zero-order chi connectivity index (χ0) is 9.43. The minimum Gasteiger partial charge on any atom is -0.378 e. The third-order valence-electron chi connectivity index (χ3n) is 4.91. The molecule has 0 saturated heterocycles. The first-order valence-electron chi connectivity index (χ1n) is 5.11. The van der Waals surface area contributed by atoms with Gasteiger partial charge in [-0.3, -0.25) is 4.79 Å². The van der Waals surface area contributed by atoms with Gasteiger partial charge in [0, 0.05) is 19.4 Å². The van der Waals surface area contributed by atoms with E-state index in [2.05, 4.69) is 13.8 Å². The van der Waals surface area contributed by atoms with Gasteiger partial charge in [-0.15, -0.1) is 0 Å². The van der Waals surface area contributed by atoms with E-state index in [0.29, 0.717) is 29.0 Å². The highest BCUT2D eigenvalue weighted by atomic mass is 16.5. The standard InChI is InChI=1S/C11H16O2/c1-10-5-11(2,13-3)6-4-7(12)9(10)8(6)10/h6,8-9H,4-5H2,1-3H3/t6-,8-,9+,10-,11-/m0/s1. The van der Waals surface area contributed by atoms with Gasteiger partial charge in [0.15, 0.2) is 0 Å². The average Bonchev–Trinajstić information content (AvgIpc) is 2.39. The maximum atomic E-state index is 11.6. The number of carbonyl (C=O) groups excluding carboxylic acids is 1. The molecule has 0 aliphatic heterocycles. The van der Waals surface area contributed by atoms with Crippen LogP contribution in [0.2, 0.25) is 0 Å². The third kappa shape index (κ3) is 0.653. The molecule has 0 amide bonds. The molecule has 0 aromatic carbocycles. The SMILES string of the molecule is CO[C@@]1(C)C[C@@]2(C)[C@@H]3[C@H]2C(=O)C[C@@H]31. The van der Waals surface area contributed by atoms with Gasteiger partial charge in [0.25, 0.3) is 0 Å². The van der Waals surface area contributed by atoms with Crippen molar-refractivity contribution in [3.05, 3.63) is 0 Å². The molecule has 0 heterocycles. The Balaban J connectivity index is 2.01. The Morgan fingerprint density at radius 3 is 2.69 bits per heavy atom. The van der Waals surface area contributed by atoms with Crippen LogP contribution in [0.5, 0.6) is 0 Å². The van der Waals surface area contributed by atoms with E-state index in [-0.39, 0.29) is 5.60 Å². The summed E-state index contributed by atoms with van der Waals surface area (Å²) in [6.07, 6.45) is 1.86. The molecule has 3 fully saturated rings. The van der Waals surface area contributed by atoms with Crippen LogP contribution in [0.3, 0.4) is 0 Å². The molecule has 0 bridgehead atoms. The van der Waals surface area contributed by atoms with E-state index in [1.807, 2.05) is 0 Å². The minimum atomic E-state index is -0.0118. The van der Waals surface area contributed by atoms with Crippen molar-refractivity contribution in [1.29, 1.82) is 0 Å². The molecule has 0 radical (unpaired) electrons. The van der Waals surface area contributed by atoms with E-state index in [0.717, 1.165) is 12.8 Å². The lowest BCUT2D eigenvalue weighted by atomic mass is 9.88. The first-order chi connectivity index (χ1) is 6.03. The van der Waals surface area contributed by atoms with E-state index in [1.54, 1.807) is 7.11 Å². The fourth-order valence-electron chi connectivity index (χ4n) is 4.27. The van der Waals surface area contributed by atoms with Crippen molar-refractivity contribution in [2.75, 3.05) is 7.11 Å². The van der Waals surface area contributed by atoms with Crippen LogP contribution in [-0.2, 0) is 9.53 Å². The highest BCUT2D eigenvalue weighted by Crippen LogP contribution is 2.78. The number of ketones is 1. The van der Waals surface area contributed by atoms with Crippen LogP contribution in [0.1, 0.15) is 26.7 Å². The minimum absolute atomic E-state index is 0.0118. The summed E-state index contributed by atoms with van der Waals surface area (Å²) in [6.45, 7) is 4.43. The Labute approximate surface area is 78.6 Å². The fraction of sp³-hybridized carbons (Fsp3) is 0.909. The van der Waals surface area contributed by atoms with Gasteiger partial charge in [-0.05, 0) is 30.6 Å². The molecule has 3 aliphatic rings. The van der Waals surface area contributed by atoms with Crippen molar-refractivity contribution in [3.63, 3.8) is 0 Å². The first kappa shape index (κ1) is 7.98. The average molecular weight is 180 g/mol. The normalized spacial score (nSPS) is 62.7. The third-order valence-corrected chi connectivity index (χ3v) is 4.91. The number of hydrogen-bond donors (Lipinski definition) is 0. The Kier molecular flexibility index (Phi) is 1.14. The maximum Gasteiger partial charge on any atom is 0.137 e. The lowest BCUT2D eigenvalue weighted by molar-refractivity contribution is -0.120. The Morgan fingerprint density at radius 1 is 1.46 bits per heavy atom. The molecule has 0 aromatic heterocycles. The lowest BCUT2D eigenvalue weighted by Crippen LogP contribution is -2.33. The Bertz CT molecular complexity index is 298. The van der Waals surface area contributed by atoms with E-state index in [1.165, 1.54) is 0 Å². The summed E-state index contributed by atoms with van der Waals surface area (Å²) >= 11 is 0. The van der Waals surface area contributed by atoms with Gasteiger partial charge < -0.3 is 4.74 Å². The molecule has 0 N–H and O–H groups in total. The van der Waals surface area contributed by atoms with Crippen molar-refractivity contribution in [3.8, 4) is 0 Å². The van der Waals surface area contributed by atoms with Crippen molar-refractivity contribution in [2.45, 2.75) is 32.3 Å². The van der Waals surface area contributed by atoms with Gasteiger partial charge in [-0.1, -0.05) is 6.92 Å². The van der Waals surface area contributed by atoms with Crippen LogP contribution < -0.4 is 0 Å². The number of carbonyl (C=O) groups is 1. The molecular formula is C11H16O2. The molecule has 3 saturated carbocycles. The van der Waals surface area contributed by atoms with Crippen LogP contribution in [0, 0.1) is 23.2 Å². The molecular weight excluding hydrogens is 164 g/mol.